The highest BCUT2D eigenvalue weighted by Crippen LogP contribution is 2.08. The largest absolute Gasteiger partial charge is 0.469 e. The van der Waals surface area contributed by atoms with Crippen molar-refractivity contribution in [2.24, 2.45) is 4.99 Å². The first kappa shape index (κ1) is 16.1. The summed E-state index contributed by atoms with van der Waals surface area (Å²) in [6, 6.07) is 3.86. The van der Waals surface area contributed by atoms with Crippen LogP contribution in [0.3, 0.4) is 0 Å². The lowest BCUT2D eigenvalue weighted by Gasteiger charge is -2.11. The Balaban J connectivity index is 1.87. The summed E-state index contributed by atoms with van der Waals surface area (Å²) in [5.41, 5.74) is 0.916. The monoisotopic (exact) mass is 304 g/mol. The van der Waals surface area contributed by atoms with Gasteiger partial charge in [0.15, 0.2) is 5.96 Å². The van der Waals surface area contributed by atoms with E-state index in [1.807, 2.05) is 26.0 Å². The van der Waals surface area contributed by atoms with Gasteiger partial charge in [0.25, 0.3) is 0 Å². The Bertz CT molecular complexity index is 568. The van der Waals surface area contributed by atoms with Crippen LogP contribution in [0, 0.1) is 13.8 Å². The quantitative estimate of drug-likeness (QED) is 0.607. The Labute approximate surface area is 131 Å². The second-order valence-corrected chi connectivity index (χ2v) is 5.10. The summed E-state index contributed by atoms with van der Waals surface area (Å²) in [5.74, 6) is 3.21. The van der Waals surface area contributed by atoms with Crippen LogP contribution in [0.1, 0.15) is 36.4 Å². The number of nitrogens with one attached hydrogen (secondary N) is 2. The van der Waals surface area contributed by atoms with Gasteiger partial charge in [-0.3, -0.25) is 0 Å². The molecule has 0 bridgehead atoms. The van der Waals surface area contributed by atoms with Crippen LogP contribution in [-0.4, -0.2) is 24.0 Å². The Hall–Kier alpha value is -2.24. The van der Waals surface area contributed by atoms with Crippen LogP contribution in [0.25, 0.3) is 0 Å². The van der Waals surface area contributed by atoms with Crippen molar-refractivity contribution in [3.63, 3.8) is 0 Å². The van der Waals surface area contributed by atoms with Gasteiger partial charge in [0.05, 0.1) is 12.0 Å². The molecule has 2 rings (SSSR count). The van der Waals surface area contributed by atoms with E-state index in [9.17, 15) is 0 Å². The van der Waals surface area contributed by atoms with Crippen molar-refractivity contribution < 1.29 is 8.83 Å². The first-order valence-electron chi connectivity index (χ1n) is 7.66. The molecule has 0 aliphatic rings. The fourth-order valence-corrected chi connectivity index (χ4v) is 1.93. The average Bonchev–Trinajstić information content (AvgIpc) is 3.12. The average molecular weight is 304 g/mol. The highest BCUT2D eigenvalue weighted by molar-refractivity contribution is 5.79. The summed E-state index contributed by atoms with van der Waals surface area (Å²) < 4.78 is 10.9. The molecule has 0 unspecified atom stereocenters. The van der Waals surface area contributed by atoms with Gasteiger partial charge in [0.2, 0.25) is 5.89 Å². The number of nitrogens with zero attached hydrogens (tertiary/aromatic N) is 2. The van der Waals surface area contributed by atoms with Crippen LogP contribution >= 0.6 is 0 Å². The predicted molar refractivity (Wildman–Crippen MR) is 85.8 cm³/mol. The Kier molecular flexibility index (Phi) is 6.06. The van der Waals surface area contributed by atoms with Crippen molar-refractivity contribution in [2.75, 3.05) is 13.1 Å². The summed E-state index contributed by atoms with van der Waals surface area (Å²) >= 11 is 0. The van der Waals surface area contributed by atoms with Crippen molar-refractivity contribution in [3.8, 4) is 0 Å². The van der Waals surface area contributed by atoms with E-state index in [4.69, 9.17) is 8.83 Å². The van der Waals surface area contributed by atoms with E-state index in [1.54, 1.807) is 6.26 Å². The molecule has 2 heterocycles. The maximum absolute atomic E-state index is 5.54. The van der Waals surface area contributed by atoms with E-state index < -0.39 is 0 Å². The zero-order valence-electron chi connectivity index (χ0n) is 13.5. The maximum Gasteiger partial charge on any atom is 0.216 e. The number of furan rings is 1. The van der Waals surface area contributed by atoms with Crippen LogP contribution in [0.2, 0.25) is 0 Å². The van der Waals surface area contributed by atoms with E-state index in [1.165, 1.54) is 0 Å². The number of rotatable bonds is 7. The van der Waals surface area contributed by atoms with Crippen LogP contribution in [0.15, 0.2) is 32.2 Å². The second kappa shape index (κ2) is 8.26. The second-order valence-electron chi connectivity index (χ2n) is 5.10. The van der Waals surface area contributed by atoms with Gasteiger partial charge in [0, 0.05) is 19.5 Å². The van der Waals surface area contributed by atoms with Crippen LogP contribution in [0.5, 0.6) is 0 Å². The Morgan fingerprint density at radius 3 is 2.73 bits per heavy atom. The fraction of sp³-hybridized carbons (Fsp3) is 0.500. The van der Waals surface area contributed by atoms with Crippen molar-refractivity contribution in [1.82, 2.24) is 15.6 Å². The third-order valence-electron chi connectivity index (χ3n) is 3.23. The normalized spacial score (nSPS) is 11.7. The third-order valence-corrected chi connectivity index (χ3v) is 3.23. The number of oxazole rings is 1. The molecule has 0 saturated carbocycles. The number of aryl methyl sites for hydroxylation is 2. The van der Waals surface area contributed by atoms with E-state index in [2.05, 4.69) is 27.5 Å². The molecule has 22 heavy (non-hydrogen) atoms. The molecule has 2 aromatic heterocycles. The third kappa shape index (κ3) is 4.95. The van der Waals surface area contributed by atoms with Crippen molar-refractivity contribution in [2.45, 2.75) is 40.2 Å². The van der Waals surface area contributed by atoms with Gasteiger partial charge in [-0.15, -0.1) is 0 Å². The van der Waals surface area contributed by atoms with Gasteiger partial charge in [-0.25, -0.2) is 9.98 Å². The zero-order valence-corrected chi connectivity index (χ0v) is 13.5. The van der Waals surface area contributed by atoms with Gasteiger partial charge >= 0.3 is 0 Å². The topological polar surface area (TPSA) is 75.6 Å². The minimum absolute atomic E-state index is 0.425. The molecule has 0 spiro atoms. The highest BCUT2D eigenvalue weighted by atomic mass is 16.4. The molecule has 0 atom stereocenters. The van der Waals surface area contributed by atoms with Crippen LogP contribution in [0.4, 0.5) is 0 Å². The van der Waals surface area contributed by atoms with Crippen LogP contribution < -0.4 is 10.6 Å². The molecule has 0 aromatic carbocycles. The summed E-state index contributed by atoms with van der Waals surface area (Å²) in [4.78, 5) is 8.85. The smallest absolute Gasteiger partial charge is 0.216 e. The molecule has 0 aliphatic heterocycles. The predicted octanol–water partition coefficient (Wildman–Crippen LogP) is 2.57. The first-order valence-corrected chi connectivity index (χ1v) is 7.66. The SMILES string of the molecule is CCCNC(=NCc1nc(C)c(C)o1)NCCc1ccco1. The molecule has 0 aliphatic carbocycles. The van der Waals surface area contributed by atoms with Crippen LogP contribution in [-0.2, 0) is 13.0 Å². The zero-order chi connectivity index (χ0) is 15.8. The van der Waals surface area contributed by atoms with Gasteiger partial charge in [-0.2, -0.15) is 0 Å². The molecule has 6 nitrogen and oxygen atoms in total. The lowest BCUT2D eigenvalue weighted by Crippen LogP contribution is -2.38. The van der Waals surface area contributed by atoms with Gasteiger partial charge in [-0.05, 0) is 32.4 Å². The molecule has 0 saturated heterocycles. The van der Waals surface area contributed by atoms with Gasteiger partial charge in [-0.1, -0.05) is 6.92 Å². The molecule has 0 fully saturated rings. The molecular weight excluding hydrogens is 280 g/mol. The Morgan fingerprint density at radius 2 is 2.09 bits per heavy atom. The molecule has 0 radical (unpaired) electrons. The summed E-state index contributed by atoms with van der Waals surface area (Å²) in [6.45, 7) is 8.02. The number of hydrogen-bond donors (Lipinski definition) is 2. The van der Waals surface area contributed by atoms with E-state index >= 15 is 0 Å². The van der Waals surface area contributed by atoms with Gasteiger partial charge in [0.1, 0.15) is 18.1 Å². The molecular formula is C16H24N4O2. The summed E-state index contributed by atoms with van der Waals surface area (Å²) in [6.07, 6.45) is 3.54. The van der Waals surface area contributed by atoms with Crippen molar-refractivity contribution in [1.29, 1.82) is 0 Å². The Morgan fingerprint density at radius 1 is 1.27 bits per heavy atom. The van der Waals surface area contributed by atoms with E-state index in [0.717, 1.165) is 49.1 Å². The first-order chi connectivity index (χ1) is 10.7. The number of guanidine groups is 1. The number of hydrogen-bond acceptors (Lipinski definition) is 4. The van der Waals surface area contributed by atoms with E-state index in [0.29, 0.717) is 12.4 Å². The number of aliphatic imine (C=N–C) groups is 1. The minimum atomic E-state index is 0.425. The highest BCUT2D eigenvalue weighted by Gasteiger charge is 2.05. The van der Waals surface area contributed by atoms with Gasteiger partial charge < -0.3 is 19.5 Å². The van der Waals surface area contributed by atoms with E-state index in [-0.39, 0.29) is 0 Å². The lowest BCUT2D eigenvalue weighted by atomic mass is 10.3. The van der Waals surface area contributed by atoms with Crippen molar-refractivity contribution >= 4 is 5.96 Å². The summed E-state index contributed by atoms with van der Waals surface area (Å²) in [7, 11) is 0. The standard InChI is InChI=1S/C16H24N4O2/c1-4-8-17-16(18-9-7-14-6-5-10-21-14)19-11-15-20-12(2)13(3)22-15/h5-6,10H,4,7-9,11H2,1-3H3,(H2,17,18,19). The molecule has 120 valence electrons. The fourth-order valence-electron chi connectivity index (χ4n) is 1.93. The van der Waals surface area contributed by atoms with Crippen molar-refractivity contribution in [3.05, 3.63) is 41.5 Å². The lowest BCUT2D eigenvalue weighted by molar-refractivity contribution is 0.472. The molecule has 6 heteroatoms. The molecule has 2 N–H and O–H groups in total. The maximum atomic E-state index is 5.54. The minimum Gasteiger partial charge on any atom is -0.469 e. The summed E-state index contributed by atoms with van der Waals surface area (Å²) in [5, 5.41) is 6.57. The molecule has 0 amide bonds. The number of aromatic nitrogens is 1. The molecule has 2 aromatic rings.